The maximum atomic E-state index is 12.6. The van der Waals surface area contributed by atoms with E-state index in [2.05, 4.69) is 15.6 Å². The topological polar surface area (TPSA) is 97.1 Å². The summed E-state index contributed by atoms with van der Waals surface area (Å²) in [7, 11) is 0. The Morgan fingerprint density at radius 2 is 1.78 bits per heavy atom. The molecule has 6 nitrogen and oxygen atoms in total. The summed E-state index contributed by atoms with van der Waals surface area (Å²) in [6.45, 7) is 0.297. The Balaban J connectivity index is 1.53. The highest BCUT2D eigenvalue weighted by Gasteiger charge is 2.38. The maximum absolute atomic E-state index is 12.6. The molecule has 0 aliphatic heterocycles. The molecule has 2 amide bonds. The molecule has 1 fully saturated rings. The van der Waals surface area contributed by atoms with Crippen molar-refractivity contribution in [3.8, 4) is 10.6 Å². The van der Waals surface area contributed by atoms with Crippen LogP contribution in [0.3, 0.4) is 0 Å². The summed E-state index contributed by atoms with van der Waals surface area (Å²) in [5, 5.41) is 7.13. The molecule has 0 radical (unpaired) electrons. The molecular formula is C17H17F3N4O2S. The molecule has 1 heterocycles. The summed E-state index contributed by atoms with van der Waals surface area (Å²) < 4.78 is 37.8. The van der Waals surface area contributed by atoms with Crippen molar-refractivity contribution >= 4 is 23.2 Å². The van der Waals surface area contributed by atoms with E-state index in [1.165, 1.54) is 23.5 Å². The first-order valence-corrected chi connectivity index (χ1v) is 9.01. The third-order valence-corrected chi connectivity index (χ3v) is 5.08. The van der Waals surface area contributed by atoms with Gasteiger partial charge in [0.15, 0.2) is 0 Å². The zero-order valence-corrected chi connectivity index (χ0v) is 14.9. The second kappa shape index (κ2) is 7.28. The van der Waals surface area contributed by atoms with Gasteiger partial charge in [0.25, 0.3) is 0 Å². The molecule has 4 N–H and O–H groups in total. The first-order valence-electron chi connectivity index (χ1n) is 8.13. The van der Waals surface area contributed by atoms with Crippen LogP contribution in [0.4, 0.5) is 13.2 Å². The highest BCUT2D eigenvalue weighted by Crippen LogP contribution is 2.32. The van der Waals surface area contributed by atoms with Crippen LogP contribution in [0.15, 0.2) is 29.6 Å². The number of thiazole rings is 1. The molecule has 10 heteroatoms. The maximum Gasteiger partial charge on any atom is 0.416 e. The first kappa shape index (κ1) is 19.3. The van der Waals surface area contributed by atoms with Gasteiger partial charge in [-0.3, -0.25) is 9.59 Å². The van der Waals surface area contributed by atoms with Crippen LogP contribution in [-0.2, 0) is 22.3 Å². The van der Waals surface area contributed by atoms with E-state index in [9.17, 15) is 22.8 Å². The monoisotopic (exact) mass is 398 g/mol. The molecule has 1 aliphatic carbocycles. The van der Waals surface area contributed by atoms with E-state index in [1.807, 2.05) is 0 Å². The number of nitrogens with one attached hydrogen (secondary N) is 2. The van der Waals surface area contributed by atoms with E-state index in [0.717, 1.165) is 25.0 Å². The fraction of sp³-hybridized carbons (Fsp3) is 0.353. The second-order valence-electron chi connectivity index (χ2n) is 6.45. The lowest BCUT2D eigenvalue weighted by atomic mass is 10.1. The van der Waals surface area contributed by atoms with Gasteiger partial charge in [-0.05, 0) is 25.0 Å². The standard InChI is InChI=1S/C17H17F3N4O2S/c18-17(19,20)11-3-1-10(2-4-11)15-24-12(8-27-15)7-22-13(25)14(26)23-9-16(21)5-6-16/h1-4,8H,5-7,9,21H2,(H,22,25)(H,23,26). The smallest absolute Gasteiger partial charge is 0.346 e. The molecule has 1 aliphatic rings. The molecule has 0 unspecified atom stereocenters. The van der Waals surface area contributed by atoms with Crippen molar-refractivity contribution in [2.24, 2.45) is 5.73 Å². The van der Waals surface area contributed by atoms with Gasteiger partial charge < -0.3 is 16.4 Å². The van der Waals surface area contributed by atoms with Crippen molar-refractivity contribution in [2.45, 2.75) is 31.1 Å². The zero-order valence-electron chi connectivity index (χ0n) is 14.1. The van der Waals surface area contributed by atoms with Crippen LogP contribution in [0.5, 0.6) is 0 Å². The molecule has 1 aromatic carbocycles. The van der Waals surface area contributed by atoms with Crippen molar-refractivity contribution in [3.63, 3.8) is 0 Å². The minimum atomic E-state index is -4.39. The Morgan fingerprint density at radius 3 is 2.37 bits per heavy atom. The molecule has 3 rings (SSSR count). The fourth-order valence-electron chi connectivity index (χ4n) is 2.25. The summed E-state index contributed by atoms with van der Waals surface area (Å²) >= 11 is 1.24. The van der Waals surface area contributed by atoms with Gasteiger partial charge in [-0.15, -0.1) is 11.3 Å². The van der Waals surface area contributed by atoms with Crippen LogP contribution in [0.1, 0.15) is 24.1 Å². The van der Waals surface area contributed by atoms with Crippen LogP contribution in [0.25, 0.3) is 10.6 Å². The summed E-state index contributed by atoms with van der Waals surface area (Å²) in [5.74, 6) is -1.55. The van der Waals surface area contributed by atoms with Crippen molar-refractivity contribution in [1.82, 2.24) is 15.6 Å². The number of carbonyl (C=O) groups excluding carboxylic acids is 2. The number of hydrogen-bond donors (Lipinski definition) is 3. The molecule has 27 heavy (non-hydrogen) atoms. The summed E-state index contributed by atoms with van der Waals surface area (Å²) in [4.78, 5) is 27.7. The molecule has 0 saturated heterocycles. The second-order valence-corrected chi connectivity index (χ2v) is 7.30. The molecule has 0 atom stereocenters. The van der Waals surface area contributed by atoms with Gasteiger partial charge >= 0.3 is 18.0 Å². The van der Waals surface area contributed by atoms with E-state index >= 15 is 0 Å². The Bertz CT molecular complexity index is 845. The lowest BCUT2D eigenvalue weighted by Gasteiger charge is -2.09. The van der Waals surface area contributed by atoms with Crippen LogP contribution < -0.4 is 16.4 Å². The van der Waals surface area contributed by atoms with Gasteiger partial charge in [-0.2, -0.15) is 13.2 Å². The van der Waals surface area contributed by atoms with Crippen molar-refractivity contribution in [2.75, 3.05) is 6.54 Å². The number of rotatable bonds is 5. The molecule has 1 aromatic heterocycles. The van der Waals surface area contributed by atoms with Crippen molar-refractivity contribution < 1.29 is 22.8 Å². The van der Waals surface area contributed by atoms with Crippen LogP contribution in [0, 0.1) is 0 Å². The lowest BCUT2D eigenvalue weighted by molar-refractivity contribution is -0.139. The highest BCUT2D eigenvalue weighted by atomic mass is 32.1. The van der Waals surface area contributed by atoms with Crippen LogP contribution in [-0.4, -0.2) is 28.9 Å². The normalized spacial score (nSPS) is 15.3. The van der Waals surface area contributed by atoms with Crippen molar-refractivity contribution in [3.05, 3.63) is 40.9 Å². The van der Waals surface area contributed by atoms with E-state index < -0.39 is 23.6 Å². The summed E-state index contributed by atoms with van der Waals surface area (Å²) in [6.07, 6.45) is -2.75. The molecular weight excluding hydrogens is 381 g/mol. The number of halogens is 3. The SMILES string of the molecule is NC1(CNC(=O)C(=O)NCc2csc(-c3ccc(C(F)(F)F)cc3)n2)CC1. The van der Waals surface area contributed by atoms with E-state index in [-0.39, 0.29) is 18.6 Å². The third kappa shape index (κ3) is 5.04. The highest BCUT2D eigenvalue weighted by molar-refractivity contribution is 7.13. The number of amides is 2. The Hall–Kier alpha value is -2.46. The van der Waals surface area contributed by atoms with E-state index in [4.69, 9.17) is 5.73 Å². The number of benzene rings is 1. The number of carbonyl (C=O) groups is 2. The third-order valence-electron chi connectivity index (χ3n) is 4.14. The minimum Gasteiger partial charge on any atom is -0.346 e. The Kier molecular flexibility index (Phi) is 5.20. The van der Waals surface area contributed by atoms with Crippen molar-refractivity contribution in [1.29, 1.82) is 0 Å². The predicted molar refractivity (Wildman–Crippen MR) is 93.6 cm³/mol. The molecule has 0 bridgehead atoms. The number of hydrogen-bond acceptors (Lipinski definition) is 5. The van der Waals surface area contributed by atoms with Gasteiger partial charge in [0, 0.05) is 23.0 Å². The van der Waals surface area contributed by atoms with Gasteiger partial charge in [0.05, 0.1) is 17.8 Å². The van der Waals surface area contributed by atoms with Gasteiger partial charge in [0.1, 0.15) is 5.01 Å². The van der Waals surface area contributed by atoms with Crippen LogP contribution in [0.2, 0.25) is 0 Å². The zero-order chi connectivity index (χ0) is 19.7. The summed E-state index contributed by atoms with van der Waals surface area (Å²) in [5.41, 5.74) is 5.77. The van der Waals surface area contributed by atoms with Gasteiger partial charge in [-0.1, -0.05) is 12.1 Å². The molecule has 144 valence electrons. The molecule has 2 aromatic rings. The number of nitrogens with zero attached hydrogens (tertiary/aromatic N) is 1. The Morgan fingerprint density at radius 1 is 1.15 bits per heavy atom. The van der Waals surface area contributed by atoms with Crippen LogP contribution >= 0.6 is 11.3 Å². The van der Waals surface area contributed by atoms with Gasteiger partial charge in [-0.25, -0.2) is 4.98 Å². The molecule has 0 spiro atoms. The lowest BCUT2D eigenvalue weighted by Crippen LogP contribution is -2.45. The number of nitrogens with two attached hydrogens (primary N) is 1. The van der Waals surface area contributed by atoms with E-state index in [0.29, 0.717) is 16.3 Å². The average molecular weight is 398 g/mol. The van der Waals surface area contributed by atoms with E-state index in [1.54, 1.807) is 5.38 Å². The quantitative estimate of drug-likeness (QED) is 0.672. The average Bonchev–Trinajstić information content (AvgIpc) is 3.18. The molecule has 1 saturated carbocycles. The Labute approximate surface area is 157 Å². The number of aromatic nitrogens is 1. The summed E-state index contributed by atoms with van der Waals surface area (Å²) in [6, 6.07) is 4.68. The predicted octanol–water partition coefficient (Wildman–Crippen LogP) is 2.05. The number of alkyl halides is 3. The van der Waals surface area contributed by atoms with Gasteiger partial charge in [0.2, 0.25) is 0 Å². The fourth-order valence-corrected chi connectivity index (χ4v) is 3.07. The first-order chi connectivity index (χ1) is 12.7. The minimum absolute atomic E-state index is 0.0388. The largest absolute Gasteiger partial charge is 0.416 e.